The number of hydrogen-bond donors (Lipinski definition) is 2. The third-order valence-corrected chi connectivity index (χ3v) is 3.09. The van der Waals surface area contributed by atoms with E-state index in [1.165, 1.54) is 0 Å². The van der Waals surface area contributed by atoms with Crippen LogP contribution in [0.1, 0.15) is 37.8 Å². The Morgan fingerprint density at radius 1 is 1.38 bits per heavy atom. The van der Waals surface area contributed by atoms with Gasteiger partial charge in [-0.1, -0.05) is 6.07 Å². The summed E-state index contributed by atoms with van der Waals surface area (Å²) in [6, 6.07) is 5.85. The van der Waals surface area contributed by atoms with E-state index in [0.717, 1.165) is 16.9 Å². The number of carbonyl (C=O) groups is 1. The Labute approximate surface area is 126 Å². The summed E-state index contributed by atoms with van der Waals surface area (Å²) in [5, 5.41) is 2.77. The van der Waals surface area contributed by atoms with Crippen molar-refractivity contribution < 1.29 is 14.3 Å². The highest BCUT2D eigenvalue weighted by Crippen LogP contribution is 2.23. The van der Waals surface area contributed by atoms with Crippen molar-refractivity contribution in [1.82, 2.24) is 5.32 Å². The highest BCUT2D eigenvalue weighted by molar-refractivity contribution is 5.67. The van der Waals surface area contributed by atoms with Crippen molar-refractivity contribution in [1.29, 1.82) is 0 Å². The van der Waals surface area contributed by atoms with E-state index in [9.17, 15) is 4.79 Å². The molecule has 0 spiro atoms. The molecule has 5 nitrogen and oxygen atoms in total. The van der Waals surface area contributed by atoms with Crippen molar-refractivity contribution in [2.45, 2.75) is 39.2 Å². The lowest BCUT2D eigenvalue weighted by atomic mass is 9.94. The molecule has 1 atom stereocenters. The topological polar surface area (TPSA) is 73.6 Å². The van der Waals surface area contributed by atoms with Gasteiger partial charge in [0.1, 0.15) is 11.4 Å². The second kappa shape index (κ2) is 7.31. The minimum Gasteiger partial charge on any atom is -0.497 e. The summed E-state index contributed by atoms with van der Waals surface area (Å²) in [6.45, 7) is 8.40. The number of benzene rings is 1. The molecular weight excluding hydrogens is 268 g/mol. The summed E-state index contributed by atoms with van der Waals surface area (Å²) in [5.41, 5.74) is 7.53. The maximum absolute atomic E-state index is 11.7. The average molecular weight is 294 g/mol. The fourth-order valence-electron chi connectivity index (χ4n) is 2.07. The van der Waals surface area contributed by atoms with E-state index < -0.39 is 11.7 Å². The molecule has 1 aromatic carbocycles. The number of ether oxygens (including phenoxy) is 2. The van der Waals surface area contributed by atoms with E-state index in [4.69, 9.17) is 15.2 Å². The normalized spacial score (nSPS) is 12.7. The van der Waals surface area contributed by atoms with Crippen LogP contribution in [0.25, 0.3) is 0 Å². The Morgan fingerprint density at radius 3 is 2.52 bits per heavy atom. The first-order chi connectivity index (χ1) is 9.76. The predicted molar refractivity (Wildman–Crippen MR) is 83.8 cm³/mol. The lowest BCUT2D eigenvalue weighted by Crippen LogP contribution is -2.36. The molecule has 0 aliphatic heterocycles. The highest BCUT2D eigenvalue weighted by Gasteiger charge is 2.18. The molecule has 0 aliphatic carbocycles. The zero-order valence-corrected chi connectivity index (χ0v) is 13.5. The molecule has 1 rings (SSSR count). The second-order valence-corrected chi connectivity index (χ2v) is 6.04. The second-order valence-electron chi connectivity index (χ2n) is 6.04. The molecule has 0 heterocycles. The molecule has 21 heavy (non-hydrogen) atoms. The molecule has 3 N–H and O–H groups in total. The zero-order chi connectivity index (χ0) is 16.0. The molecule has 118 valence electrons. The summed E-state index contributed by atoms with van der Waals surface area (Å²) in [5.74, 6) is 0.857. The van der Waals surface area contributed by atoms with Crippen molar-refractivity contribution in [2.75, 3.05) is 20.2 Å². The van der Waals surface area contributed by atoms with Gasteiger partial charge >= 0.3 is 6.09 Å². The lowest BCUT2D eigenvalue weighted by molar-refractivity contribution is 0.0525. The zero-order valence-electron chi connectivity index (χ0n) is 13.5. The number of carbonyl (C=O) groups excluding carboxylic acids is 1. The minimum absolute atomic E-state index is 0.0448. The molecule has 0 fully saturated rings. The molecule has 5 heteroatoms. The molecule has 0 radical (unpaired) electrons. The van der Waals surface area contributed by atoms with E-state index in [1.54, 1.807) is 7.11 Å². The van der Waals surface area contributed by atoms with E-state index in [1.807, 2.05) is 45.9 Å². The molecule has 0 aliphatic rings. The van der Waals surface area contributed by atoms with Crippen LogP contribution in [0.15, 0.2) is 18.2 Å². The molecule has 0 saturated carbocycles. The number of rotatable bonds is 5. The molecule has 1 aromatic rings. The van der Waals surface area contributed by atoms with Crippen molar-refractivity contribution in [3.05, 3.63) is 29.3 Å². The predicted octanol–water partition coefficient (Wildman–Crippen LogP) is 2.57. The number of hydrogen-bond acceptors (Lipinski definition) is 4. The van der Waals surface area contributed by atoms with Gasteiger partial charge in [0.2, 0.25) is 0 Å². The Kier molecular flexibility index (Phi) is 6.03. The van der Waals surface area contributed by atoms with Crippen LogP contribution in [0.3, 0.4) is 0 Å². The summed E-state index contributed by atoms with van der Waals surface area (Å²) in [4.78, 5) is 11.7. The van der Waals surface area contributed by atoms with E-state index in [-0.39, 0.29) is 5.92 Å². The van der Waals surface area contributed by atoms with Crippen molar-refractivity contribution in [2.24, 2.45) is 5.73 Å². The molecule has 0 aromatic heterocycles. The maximum atomic E-state index is 11.7. The van der Waals surface area contributed by atoms with Gasteiger partial charge in [0.05, 0.1) is 7.11 Å². The molecule has 0 bridgehead atoms. The summed E-state index contributed by atoms with van der Waals surface area (Å²) in [7, 11) is 1.64. The smallest absolute Gasteiger partial charge is 0.407 e. The minimum atomic E-state index is -0.502. The number of nitrogens with one attached hydrogen (secondary N) is 1. The monoisotopic (exact) mass is 294 g/mol. The lowest BCUT2D eigenvalue weighted by Gasteiger charge is -2.22. The van der Waals surface area contributed by atoms with Crippen LogP contribution >= 0.6 is 0 Å². The van der Waals surface area contributed by atoms with Gasteiger partial charge in [-0.05, 0) is 51.0 Å². The van der Waals surface area contributed by atoms with Crippen LogP contribution in [0.4, 0.5) is 4.79 Å². The number of amides is 1. The van der Waals surface area contributed by atoms with Gasteiger partial charge in [-0.15, -0.1) is 0 Å². The highest BCUT2D eigenvalue weighted by atomic mass is 16.6. The Bertz CT molecular complexity index is 481. The van der Waals surface area contributed by atoms with Crippen molar-refractivity contribution in [3.8, 4) is 5.75 Å². The van der Waals surface area contributed by atoms with Gasteiger partial charge < -0.3 is 20.5 Å². The molecule has 1 unspecified atom stereocenters. The molecular formula is C16H26N2O3. The number of nitrogens with two attached hydrogens (primary N) is 1. The van der Waals surface area contributed by atoms with Gasteiger partial charge in [-0.25, -0.2) is 4.79 Å². The van der Waals surface area contributed by atoms with Gasteiger partial charge in [0.15, 0.2) is 0 Å². The van der Waals surface area contributed by atoms with Crippen LogP contribution in [-0.2, 0) is 4.74 Å². The van der Waals surface area contributed by atoms with Gasteiger partial charge in [0, 0.05) is 19.0 Å². The Balaban J connectivity index is 2.69. The van der Waals surface area contributed by atoms with Crippen LogP contribution in [0.2, 0.25) is 0 Å². The Morgan fingerprint density at radius 2 is 2.05 bits per heavy atom. The quantitative estimate of drug-likeness (QED) is 0.875. The van der Waals surface area contributed by atoms with Crippen LogP contribution in [-0.4, -0.2) is 31.9 Å². The maximum Gasteiger partial charge on any atom is 0.407 e. The summed E-state index contributed by atoms with van der Waals surface area (Å²) >= 11 is 0. The summed E-state index contributed by atoms with van der Waals surface area (Å²) < 4.78 is 10.4. The van der Waals surface area contributed by atoms with Crippen LogP contribution in [0, 0.1) is 6.92 Å². The fourth-order valence-corrected chi connectivity index (χ4v) is 2.07. The number of aryl methyl sites for hydroxylation is 1. The third kappa shape index (κ3) is 5.63. The first kappa shape index (κ1) is 17.3. The van der Waals surface area contributed by atoms with Gasteiger partial charge in [-0.2, -0.15) is 0 Å². The van der Waals surface area contributed by atoms with Crippen LogP contribution in [0.5, 0.6) is 5.75 Å². The van der Waals surface area contributed by atoms with Gasteiger partial charge in [-0.3, -0.25) is 0 Å². The molecule has 1 amide bonds. The Hall–Kier alpha value is -1.75. The number of alkyl carbamates (subject to hydrolysis) is 1. The summed E-state index contributed by atoms with van der Waals surface area (Å²) in [6.07, 6.45) is -0.424. The van der Waals surface area contributed by atoms with Crippen molar-refractivity contribution in [3.63, 3.8) is 0 Å². The largest absolute Gasteiger partial charge is 0.497 e. The van der Waals surface area contributed by atoms with E-state index in [0.29, 0.717) is 13.1 Å². The fraction of sp³-hybridized carbons (Fsp3) is 0.562. The standard InChI is InChI=1S/C16H26N2O3/c1-11-8-13(20-5)6-7-14(11)12(9-17)10-18-15(19)21-16(2,3)4/h6-8,12H,9-10,17H2,1-5H3,(H,18,19). The average Bonchev–Trinajstić information content (AvgIpc) is 2.38. The SMILES string of the molecule is COc1ccc(C(CN)CNC(=O)OC(C)(C)C)c(C)c1. The van der Waals surface area contributed by atoms with Crippen molar-refractivity contribution >= 4 is 6.09 Å². The van der Waals surface area contributed by atoms with Crippen LogP contribution < -0.4 is 15.8 Å². The third-order valence-electron chi connectivity index (χ3n) is 3.09. The first-order valence-electron chi connectivity index (χ1n) is 7.08. The first-order valence-corrected chi connectivity index (χ1v) is 7.08. The van der Waals surface area contributed by atoms with Gasteiger partial charge in [0.25, 0.3) is 0 Å². The van der Waals surface area contributed by atoms with E-state index in [2.05, 4.69) is 5.32 Å². The van der Waals surface area contributed by atoms with E-state index >= 15 is 0 Å². The number of methoxy groups -OCH3 is 1. The molecule has 0 saturated heterocycles.